The second-order valence-corrected chi connectivity index (χ2v) is 9.81. The van der Waals surface area contributed by atoms with Gasteiger partial charge >= 0.3 is 0 Å². The van der Waals surface area contributed by atoms with E-state index in [1.54, 1.807) is 23.7 Å². The van der Waals surface area contributed by atoms with Crippen LogP contribution in [0.2, 0.25) is 0 Å². The number of nitrogens with zero attached hydrogens (tertiary/aromatic N) is 3. The van der Waals surface area contributed by atoms with E-state index >= 15 is 4.39 Å². The number of carbonyl (C=O) groups is 2. The van der Waals surface area contributed by atoms with Crippen LogP contribution in [0.4, 0.5) is 4.39 Å². The Morgan fingerprint density at radius 2 is 1.80 bits per heavy atom. The van der Waals surface area contributed by atoms with Crippen molar-refractivity contribution in [1.82, 2.24) is 25.6 Å². The van der Waals surface area contributed by atoms with Crippen molar-refractivity contribution >= 4 is 22.7 Å². The molecule has 0 unspecified atom stereocenters. The van der Waals surface area contributed by atoms with Crippen molar-refractivity contribution in [1.29, 1.82) is 0 Å². The van der Waals surface area contributed by atoms with Crippen molar-refractivity contribution in [2.45, 2.75) is 31.3 Å². The number of hydrogen-bond donors (Lipinski definition) is 2. The van der Waals surface area contributed by atoms with Crippen molar-refractivity contribution in [3.8, 4) is 22.8 Å². The Hall–Kier alpha value is -4.99. The minimum absolute atomic E-state index is 0.0628. The molecule has 2 aromatic heterocycles. The van der Waals surface area contributed by atoms with Crippen LogP contribution in [0.25, 0.3) is 27.8 Å². The maximum absolute atomic E-state index is 15.5. The molecule has 40 heavy (non-hydrogen) atoms. The van der Waals surface area contributed by atoms with Crippen molar-refractivity contribution in [2.75, 3.05) is 7.11 Å². The van der Waals surface area contributed by atoms with Crippen LogP contribution >= 0.6 is 0 Å². The fourth-order valence-electron chi connectivity index (χ4n) is 4.76. The summed E-state index contributed by atoms with van der Waals surface area (Å²) < 4.78 is 27.1. The van der Waals surface area contributed by atoms with Crippen LogP contribution in [-0.2, 0) is 4.79 Å². The average molecular weight is 540 g/mol. The highest BCUT2D eigenvalue weighted by atomic mass is 19.1. The third-order valence-corrected chi connectivity index (χ3v) is 7.14. The van der Waals surface area contributed by atoms with Crippen LogP contribution in [0.3, 0.4) is 0 Å². The number of amides is 2. The SMILES string of the molecule is COc1cc(C(=O)NC2(C(=O)N[C@H](C)c3ccc(-n4nc(-c5ccccc5)c5ccccc54)cc3F)CC2)on1. The van der Waals surface area contributed by atoms with E-state index < -0.39 is 29.2 Å². The van der Waals surface area contributed by atoms with Crippen molar-refractivity contribution in [3.05, 3.63) is 96.0 Å². The molecule has 2 N–H and O–H groups in total. The van der Waals surface area contributed by atoms with Crippen LogP contribution in [0.5, 0.6) is 5.88 Å². The normalized spacial score (nSPS) is 14.5. The zero-order valence-electron chi connectivity index (χ0n) is 21.8. The van der Waals surface area contributed by atoms with E-state index in [9.17, 15) is 9.59 Å². The van der Waals surface area contributed by atoms with Crippen LogP contribution in [-0.4, -0.2) is 39.4 Å². The summed E-state index contributed by atoms with van der Waals surface area (Å²) in [5, 5.41) is 14.9. The number of methoxy groups -OCH3 is 1. The first-order chi connectivity index (χ1) is 19.4. The topological polar surface area (TPSA) is 111 Å². The second-order valence-electron chi connectivity index (χ2n) is 9.81. The van der Waals surface area contributed by atoms with Crippen LogP contribution < -0.4 is 15.4 Å². The molecular weight excluding hydrogens is 513 g/mol. The lowest BCUT2D eigenvalue weighted by atomic mass is 10.1. The fourth-order valence-corrected chi connectivity index (χ4v) is 4.76. The molecule has 0 aliphatic heterocycles. The van der Waals surface area contributed by atoms with Crippen LogP contribution in [0.15, 0.2) is 83.4 Å². The molecule has 1 aliphatic carbocycles. The van der Waals surface area contributed by atoms with Crippen molar-refractivity contribution < 1.29 is 23.2 Å². The maximum Gasteiger partial charge on any atom is 0.290 e. The Bertz CT molecular complexity index is 1720. The quantitative estimate of drug-likeness (QED) is 0.288. The third kappa shape index (κ3) is 4.57. The fraction of sp³-hybridized carbons (Fsp3) is 0.200. The Kier molecular flexibility index (Phi) is 6.30. The summed E-state index contributed by atoms with van der Waals surface area (Å²) in [6.07, 6.45) is 0.917. The first kappa shape index (κ1) is 25.3. The van der Waals surface area contributed by atoms with E-state index in [-0.39, 0.29) is 11.6 Å². The summed E-state index contributed by atoms with van der Waals surface area (Å²) in [4.78, 5) is 25.6. The Labute approximate surface area is 228 Å². The molecule has 1 aliphatic rings. The Balaban J connectivity index is 1.21. The van der Waals surface area contributed by atoms with E-state index in [1.807, 2.05) is 54.6 Å². The average Bonchev–Trinajstić information content (AvgIpc) is 3.41. The van der Waals surface area contributed by atoms with Gasteiger partial charge in [-0.15, -0.1) is 0 Å². The number of benzene rings is 3. The van der Waals surface area contributed by atoms with E-state index in [1.165, 1.54) is 19.2 Å². The van der Waals surface area contributed by atoms with Gasteiger partial charge in [-0.25, -0.2) is 9.07 Å². The van der Waals surface area contributed by atoms with Gasteiger partial charge in [-0.1, -0.05) is 54.6 Å². The number of ether oxygens (including phenoxy) is 1. The van der Waals surface area contributed by atoms with E-state index in [2.05, 4.69) is 15.8 Å². The van der Waals surface area contributed by atoms with Crippen LogP contribution in [0, 0.1) is 5.82 Å². The molecule has 1 saturated carbocycles. The minimum Gasteiger partial charge on any atom is -0.479 e. The minimum atomic E-state index is -1.08. The first-order valence-corrected chi connectivity index (χ1v) is 12.9. The lowest BCUT2D eigenvalue weighted by molar-refractivity contribution is -0.124. The molecule has 1 atom stereocenters. The smallest absolute Gasteiger partial charge is 0.290 e. The molecule has 6 rings (SSSR count). The van der Waals surface area contributed by atoms with Gasteiger partial charge in [0, 0.05) is 16.5 Å². The molecule has 0 spiro atoms. The summed E-state index contributed by atoms with van der Waals surface area (Å²) in [6, 6.07) is 23.2. The van der Waals surface area contributed by atoms with Gasteiger partial charge in [0.1, 0.15) is 17.1 Å². The predicted octanol–water partition coefficient (Wildman–Crippen LogP) is 4.97. The monoisotopic (exact) mass is 539 g/mol. The highest BCUT2D eigenvalue weighted by Crippen LogP contribution is 2.37. The molecule has 2 heterocycles. The van der Waals surface area contributed by atoms with E-state index in [0.29, 0.717) is 24.1 Å². The van der Waals surface area contributed by atoms with Crippen molar-refractivity contribution in [2.24, 2.45) is 0 Å². The van der Waals surface area contributed by atoms with Gasteiger partial charge in [0.2, 0.25) is 11.7 Å². The molecular formula is C30H26FN5O4. The number of fused-ring (bicyclic) bond motifs is 1. The first-order valence-electron chi connectivity index (χ1n) is 12.9. The van der Waals surface area contributed by atoms with Gasteiger partial charge in [0.15, 0.2) is 0 Å². The Morgan fingerprint density at radius 3 is 2.50 bits per heavy atom. The number of aromatic nitrogens is 3. The number of carbonyl (C=O) groups excluding carboxylic acids is 2. The Morgan fingerprint density at radius 1 is 1.05 bits per heavy atom. The third-order valence-electron chi connectivity index (χ3n) is 7.14. The van der Waals surface area contributed by atoms with Gasteiger partial charge < -0.3 is 19.9 Å². The highest BCUT2D eigenvalue weighted by molar-refractivity contribution is 5.99. The van der Waals surface area contributed by atoms with Gasteiger partial charge in [-0.2, -0.15) is 5.10 Å². The zero-order valence-corrected chi connectivity index (χ0v) is 21.8. The molecule has 9 nitrogen and oxygen atoms in total. The summed E-state index contributed by atoms with van der Waals surface area (Å²) in [6.45, 7) is 1.70. The van der Waals surface area contributed by atoms with Gasteiger partial charge in [-0.05, 0) is 43.1 Å². The number of rotatable bonds is 8. The second kappa shape index (κ2) is 9.96. The maximum atomic E-state index is 15.5. The molecule has 5 aromatic rings. The standard InChI is InChI=1S/C30H26FN5O4/c1-18(32-29(38)30(14-15-30)33-28(37)25-17-26(39-2)35-40-25)21-13-12-20(16-23(21)31)36-24-11-7-6-10-22(24)27(34-36)19-8-4-3-5-9-19/h3-13,16-18H,14-15H2,1-2H3,(H,32,38)(H,33,37)/t18-/m1/s1. The van der Waals surface area contributed by atoms with E-state index in [0.717, 1.165) is 22.2 Å². The van der Waals surface area contributed by atoms with Crippen molar-refractivity contribution in [3.63, 3.8) is 0 Å². The summed E-state index contributed by atoms with van der Waals surface area (Å²) in [5.41, 5.74) is 2.43. The molecule has 0 bridgehead atoms. The largest absolute Gasteiger partial charge is 0.479 e. The number of nitrogens with one attached hydrogen (secondary N) is 2. The predicted molar refractivity (Wildman–Crippen MR) is 146 cm³/mol. The molecule has 0 radical (unpaired) electrons. The van der Waals surface area contributed by atoms with Gasteiger partial charge in [0.05, 0.1) is 30.4 Å². The summed E-state index contributed by atoms with van der Waals surface area (Å²) in [7, 11) is 1.40. The highest BCUT2D eigenvalue weighted by Gasteiger charge is 2.52. The van der Waals surface area contributed by atoms with E-state index in [4.69, 9.17) is 14.4 Å². The molecule has 3 aromatic carbocycles. The summed E-state index contributed by atoms with van der Waals surface area (Å²) >= 11 is 0. The molecule has 202 valence electrons. The number of para-hydroxylation sites is 1. The number of hydrogen-bond acceptors (Lipinski definition) is 6. The zero-order chi connectivity index (χ0) is 27.9. The van der Waals surface area contributed by atoms with Crippen LogP contribution in [0.1, 0.15) is 41.9 Å². The lowest BCUT2D eigenvalue weighted by Crippen LogP contribution is -2.49. The lowest BCUT2D eigenvalue weighted by Gasteiger charge is -2.21. The molecule has 10 heteroatoms. The number of halogens is 1. The summed E-state index contributed by atoms with van der Waals surface area (Å²) in [5.74, 6) is -1.35. The van der Waals surface area contributed by atoms with Gasteiger partial charge in [0.25, 0.3) is 11.8 Å². The molecule has 0 saturated heterocycles. The molecule has 2 amide bonds. The van der Waals surface area contributed by atoms with Gasteiger partial charge in [-0.3, -0.25) is 9.59 Å². The molecule has 1 fully saturated rings.